The van der Waals surface area contributed by atoms with Gasteiger partial charge in [-0.1, -0.05) is 52.3 Å². The maximum Gasteiger partial charge on any atom is 0.188 e. The zero-order valence-electron chi connectivity index (χ0n) is 18.7. The third-order valence-electron chi connectivity index (χ3n) is 6.03. The zero-order valence-corrected chi connectivity index (χ0v) is 19.7. The molecule has 3 nitrogen and oxygen atoms in total. The van der Waals surface area contributed by atoms with E-state index in [-0.39, 0.29) is 11.9 Å². The minimum atomic E-state index is 0.0227. The summed E-state index contributed by atoms with van der Waals surface area (Å²) in [4.78, 5) is 2.60. The Morgan fingerprint density at radius 2 is 1.69 bits per heavy atom. The molecule has 0 radical (unpaired) electrons. The summed E-state index contributed by atoms with van der Waals surface area (Å²) >= 11 is 0. The fourth-order valence-corrected chi connectivity index (χ4v) is 5.74. The Morgan fingerprint density at radius 3 is 2.38 bits per heavy atom. The number of benzene rings is 2. The van der Waals surface area contributed by atoms with Crippen LogP contribution in [-0.2, 0) is 9.89 Å². The van der Waals surface area contributed by atoms with E-state index in [1.54, 1.807) is 7.11 Å². The van der Waals surface area contributed by atoms with Crippen molar-refractivity contribution in [3.05, 3.63) is 53.1 Å². The van der Waals surface area contributed by atoms with E-state index in [9.17, 15) is 0 Å². The lowest BCUT2D eigenvalue weighted by Gasteiger charge is -2.35. The van der Waals surface area contributed by atoms with Crippen LogP contribution in [0, 0.1) is 13.8 Å². The van der Waals surface area contributed by atoms with E-state index < -0.39 is 0 Å². The standard InChI is InChI=1S/C25H36NO2P/c1-6-25(4,21-16-19(2)10-12-23(21)28-18-27-5)29-24-13-11-20(3)17-22(24)26-14-8-7-9-15-26/h10-13,16-17,29H,6-9,14-15,18H2,1-5H3. The molecule has 0 aromatic heterocycles. The number of aryl methyl sites for hydroxylation is 2. The molecule has 0 aliphatic carbocycles. The molecular formula is C25H36NO2P. The van der Waals surface area contributed by atoms with E-state index >= 15 is 0 Å². The van der Waals surface area contributed by atoms with Crippen molar-refractivity contribution < 1.29 is 9.47 Å². The molecule has 158 valence electrons. The number of anilines is 1. The number of nitrogens with zero attached hydrogens (tertiary/aromatic N) is 1. The number of rotatable bonds is 8. The zero-order chi connectivity index (χ0) is 20.9. The average Bonchev–Trinajstić information content (AvgIpc) is 2.74. The molecule has 0 saturated carbocycles. The van der Waals surface area contributed by atoms with Crippen molar-refractivity contribution >= 4 is 19.6 Å². The molecule has 0 bridgehead atoms. The Bertz CT molecular complexity index is 816. The highest BCUT2D eigenvalue weighted by Gasteiger charge is 2.30. The van der Waals surface area contributed by atoms with Crippen LogP contribution in [0.4, 0.5) is 5.69 Å². The smallest absolute Gasteiger partial charge is 0.188 e. The van der Waals surface area contributed by atoms with Crippen molar-refractivity contribution in [1.82, 2.24) is 0 Å². The fraction of sp³-hybridized carbons (Fsp3) is 0.520. The third kappa shape index (κ3) is 5.32. The molecule has 1 aliphatic heterocycles. The van der Waals surface area contributed by atoms with E-state index in [4.69, 9.17) is 9.47 Å². The molecule has 2 aromatic rings. The van der Waals surface area contributed by atoms with Crippen LogP contribution in [0.25, 0.3) is 0 Å². The lowest BCUT2D eigenvalue weighted by atomic mass is 9.95. The van der Waals surface area contributed by atoms with Gasteiger partial charge in [0.2, 0.25) is 0 Å². The lowest BCUT2D eigenvalue weighted by molar-refractivity contribution is 0.0500. The minimum absolute atomic E-state index is 0.0227. The second-order valence-corrected chi connectivity index (χ2v) is 10.3. The van der Waals surface area contributed by atoms with Gasteiger partial charge in [0.25, 0.3) is 0 Å². The summed E-state index contributed by atoms with van der Waals surface area (Å²) in [7, 11) is 2.35. The highest BCUT2D eigenvalue weighted by molar-refractivity contribution is 7.49. The van der Waals surface area contributed by atoms with E-state index in [2.05, 4.69) is 69.0 Å². The summed E-state index contributed by atoms with van der Waals surface area (Å²) in [5.41, 5.74) is 5.35. The van der Waals surface area contributed by atoms with Gasteiger partial charge in [0.1, 0.15) is 5.75 Å². The molecular weight excluding hydrogens is 377 g/mol. The summed E-state index contributed by atoms with van der Waals surface area (Å²) in [6, 6.07) is 13.5. The largest absolute Gasteiger partial charge is 0.467 e. The van der Waals surface area contributed by atoms with Crippen LogP contribution in [0.1, 0.15) is 56.2 Å². The van der Waals surface area contributed by atoms with Crippen molar-refractivity contribution in [2.24, 2.45) is 0 Å². The molecule has 2 unspecified atom stereocenters. The molecule has 0 amide bonds. The number of methoxy groups -OCH3 is 1. The number of piperidine rings is 1. The third-order valence-corrected chi connectivity index (χ3v) is 7.90. The molecule has 1 heterocycles. The van der Waals surface area contributed by atoms with Gasteiger partial charge in [-0.25, -0.2) is 0 Å². The van der Waals surface area contributed by atoms with Gasteiger partial charge in [-0.15, -0.1) is 0 Å². The van der Waals surface area contributed by atoms with Crippen LogP contribution in [0.2, 0.25) is 0 Å². The van der Waals surface area contributed by atoms with E-state index in [1.807, 2.05) is 0 Å². The highest BCUT2D eigenvalue weighted by atomic mass is 31.1. The van der Waals surface area contributed by atoms with Gasteiger partial charge < -0.3 is 14.4 Å². The van der Waals surface area contributed by atoms with E-state index in [0.717, 1.165) is 12.2 Å². The van der Waals surface area contributed by atoms with Crippen LogP contribution < -0.4 is 14.9 Å². The Kier molecular flexibility index (Phi) is 7.60. The summed E-state index contributed by atoms with van der Waals surface area (Å²) in [6.07, 6.45) is 5.02. The Morgan fingerprint density at radius 1 is 1.00 bits per heavy atom. The Hall–Kier alpha value is -1.57. The first-order valence-electron chi connectivity index (χ1n) is 10.8. The fourth-order valence-electron chi connectivity index (χ4n) is 4.11. The molecule has 1 saturated heterocycles. The van der Waals surface area contributed by atoms with Gasteiger partial charge in [0, 0.05) is 36.6 Å². The molecule has 4 heteroatoms. The summed E-state index contributed by atoms with van der Waals surface area (Å²) < 4.78 is 11.1. The van der Waals surface area contributed by atoms with Gasteiger partial charge in [0.05, 0.1) is 0 Å². The van der Waals surface area contributed by atoms with Gasteiger partial charge in [-0.05, 0) is 62.5 Å². The molecule has 3 rings (SSSR count). The van der Waals surface area contributed by atoms with Gasteiger partial charge in [-0.3, -0.25) is 0 Å². The predicted octanol–water partition coefficient (Wildman–Crippen LogP) is 5.91. The molecule has 0 spiro atoms. The van der Waals surface area contributed by atoms with E-state index in [1.165, 1.54) is 60.0 Å². The van der Waals surface area contributed by atoms with Crippen molar-refractivity contribution in [2.75, 3.05) is 31.9 Å². The number of hydrogen-bond donors (Lipinski definition) is 0. The summed E-state index contributed by atoms with van der Waals surface area (Å²) in [6.45, 7) is 11.7. The lowest BCUT2D eigenvalue weighted by Crippen LogP contribution is -2.33. The first kappa shape index (κ1) is 22.1. The molecule has 0 N–H and O–H groups in total. The predicted molar refractivity (Wildman–Crippen MR) is 127 cm³/mol. The summed E-state index contributed by atoms with van der Waals surface area (Å²) in [5.74, 6) is 0.945. The highest BCUT2D eigenvalue weighted by Crippen LogP contribution is 2.48. The Labute approximate surface area is 178 Å². The molecule has 1 aliphatic rings. The quantitative estimate of drug-likeness (QED) is 0.397. The second kappa shape index (κ2) is 9.96. The monoisotopic (exact) mass is 413 g/mol. The van der Waals surface area contributed by atoms with Crippen molar-refractivity contribution in [3.8, 4) is 5.75 Å². The number of ether oxygens (including phenoxy) is 2. The molecule has 2 atom stereocenters. The maximum absolute atomic E-state index is 5.96. The van der Waals surface area contributed by atoms with E-state index in [0.29, 0.717) is 8.58 Å². The van der Waals surface area contributed by atoms with Gasteiger partial charge in [-0.2, -0.15) is 0 Å². The topological polar surface area (TPSA) is 21.7 Å². The maximum atomic E-state index is 5.96. The van der Waals surface area contributed by atoms with Crippen molar-refractivity contribution in [2.45, 2.75) is 58.5 Å². The average molecular weight is 414 g/mol. The first-order chi connectivity index (χ1) is 14.0. The van der Waals surface area contributed by atoms with Crippen LogP contribution in [0.5, 0.6) is 5.75 Å². The van der Waals surface area contributed by atoms with Gasteiger partial charge >= 0.3 is 0 Å². The molecule has 2 aromatic carbocycles. The number of hydrogen-bond acceptors (Lipinski definition) is 3. The van der Waals surface area contributed by atoms with Gasteiger partial charge in [0.15, 0.2) is 6.79 Å². The molecule has 29 heavy (non-hydrogen) atoms. The van der Waals surface area contributed by atoms with Crippen LogP contribution in [-0.4, -0.2) is 27.0 Å². The second-order valence-electron chi connectivity index (χ2n) is 8.43. The van der Waals surface area contributed by atoms with Crippen LogP contribution in [0.3, 0.4) is 0 Å². The normalized spacial score (nSPS) is 16.9. The van der Waals surface area contributed by atoms with Crippen LogP contribution in [0.15, 0.2) is 36.4 Å². The van der Waals surface area contributed by atoms with Crippen LogP contribution >= 0.6 is 8.58 Å². The van der Waals surface area contributed by atoms with Crippen molar-refractivity contribution in [1.29, 1.82) is 0 Å². The SMILES string of the molecule is CCC(C)(Pc1ccc(C)cc1N1CCCCC1)c1cc(C)ccc1OCOC. The Balaban J connectivity index is 1.98. The van der Waals surface area contributed by atoms with Crippen molar-refractivity contribution in [3.63, 3.8) is 0 Å². The summed E-state index contributed by atoms with van der Waals surface area (Å²) in [5, 5.41) is 1.50. The molecule has 1 fully saturated rings. The minimum Gasteiger partial charge on any atom is -0.467 e. The first-order valence-corrected chi connectivity index (χ1v) is 11.8.